The van der Waals surface area contributed by atoms with Crippen molar-refractivity contribution in [2.45, 2.75) is 96.8 Å². The molecule has 26 heavy (non-hydrogen) atoms. The van der Waals surface area contributed by atoms with Crippen molar-refractivity contribution in [3.05, 3.63) is 30.3 Å². The Labute approximate surface area is 175 Å². The van der Waals surface area contributed by atoms with E-state index < -0.39 is 39.4 Å². The van der Waals surface area contributed by atoms with Crippen LogP contribution in [0.5, 0.6) is 5.75 Å². The van der Waals surface area contributed by atoms with Crippen LogP contribution in [0.2, 0.25) is 17.7 Å². The molecule has 0 spiro atoms. The van der Waals surface area contributed by atoms with Crippen molar-refractivity contribution >= 4 is 39.4 Å². The zero-order chi connectivity index (χ0) is 19.1. The molecule has 0 amide bonds. The van der Waals surface area contributed by atoms with Crippen LogP contribution < -0.4 is 3.07 Å². The van der Waals surface area contributed by atoms with Gasteiger partial charge in [-0.15, -0.1) is 0 Å². The number of benzene rings is 1. The molecular formula is C22H41O2Sn2. The van der Waals surface area contributed by atoms with E-state index in [1.54, 1.807) is 0 Å². The monoisotopic (exact) mass is 577 g/mol. The van der Waals surface area contributed by atoms with E-state index in [-0.39, 0.29) is 0 Å². The Morgan fingerprint density at radius 1 is 0.731 bits per heavy atom. The first-order valence-electron chi connectivity index (χ1n) is 11.0. The molecule has 0 aliphatic heterocycles. The first kappa shape index (κ1) is 24.6. The second-order valence-electron chi connectivity index (χ2n) is 7.38. The summed E-state index contributed by atoms with van der Waals surface area (Å²) in [4.78, 5) is 0. The van der Waals surface area contributed by atoms with Gasteiger partial charge in [0, 0.05) is 0 Å². The molecule has 0 aliphatic carbocycles. The van der Waals surface area contributed by atoms with Gasteiger partial charge in [0.25, 0.3) is 0 Å². The number of unbranched alkanes of at least 4 members (excludes halogenated alkanes) is 4. The van der Waals surface area contributed by atoms with Gasteiger partial charge in [0.15, 0.2) is 0 Å². The molecule has 0 bridgehead atoms. The first-order chi connectivity index (χ1) is 12.7. The van der Waals surface area contributed by atoms with Gasteiger partial charge < -0.3 is 0 Å². The van der Waals surface area contributed by atoms with Crippen molar-refractivity contribution in [3.8, 4) is 5.75 Å². The van der Waals surface area contributed by atoms with Gasteiger partial charge in [-0.25, -0.2) is 0 Å². The second-order valence-corrected chi connectivity index (χ2v) is 26.4. The first-order valence-corrected chi connectivity index (χ1v) is 22.5. The molecule has 0 heterocycles. The van der Waals surface area contributed by atoms with Crippen LogP contribution in [0.3, 0.4) is 0 Å². The average Bonchev–Trinajstić information content (AvgIpc) is 2.67. The second kappa shape index (κ2) is 15.5. The Morgan fingerprint density at radius 2 is 1.23 bits per heavy atom. The fourth-order valence-corrected chi connectivity index (χ4v) is 37.6. The van der Waals surface area contributed by atoms with Gasteiger partial charge in [0.1, 0.15) is 0 Å². The number of hydrogen-bond acceptors (Lipinski definition) is 2. The van der Waals surface area contributed by atoms with Gasteiger partial charge in [0.05, 0.1) is 0 Å². The summed E-state index contributed by atoms with van der Waals surface area (Å²) in [7, 11) is 0. The molecule has 1 aromatic carbocycles. The topological polar surface area (TPSA) is 18.5 Å². The predicted octanol–water partition coefficient (Wildman–Crippen LogP) is 7.72. The molecule has 0 atom stereocenters. The number of hydrogen-bond donors (Lipinski definition) is 0. The molecule has 1 rings (SSSR count). The number of rotatable bonds is 16. The summed E-state index contributed by atoms with van der Waals surface area (Å²) in [5.41, 5.74) is 0. The van der Waals surface area contributed by atoms with Gasteiger partial charge in [0.2, 0.25) is 0 Å². The molecule has 0 N–H and O–H groups in total. The van der Waals surface area contributed by atoms with E-state index in [0.717, 1.165) is 5.75 Å². The van der Waals surface area contributed by atoms with Crippen LogP contribution in [0.4, 0.5) is 0 Å². The molecular weight excluding hydrogens is 534 g/mol. The summed E-state index contributed by atoms with van der Waals surface area (Å²) in [6, 6.07) is 10.5. The quantitative estimate of drug-likeness (QED) is 0.188. The maximum atomic E-state index is 7.23. The van der Waals surface area contributed by atoms with Gasteiger partial charge in [-0.1, -0.05) is 0 Å². The van der Waals surface area contributed by atoms with Gasteiger partial charge in [-0.2, -0.15) is 0 Å². The zero-order valence-electron chi connectivity index (χ0n) is 17.7. The summed E-state index contributed by atoms with van der Waals surface area (Å²) < 4.78 is 19.3. The van der Waals surface area contributed by atoms with E-state index in [1.807, 2.05) is 0 Å². The van der Waals surface area contributed by atoms with Crippen molar-refractivity contribution in [3.63, 3.8) is 0 Å². The summed E-state index contributed by atoms with van der Waals surface area (Å²) in [6.07, 6.45) is 10.3. The van der Waals surface area contributed by atoms with E-state index in [2.05, 4.69) is 58.0 Å². The van der Waals surface area contributed by atoms with Crippen LogP contribution >= 0.6 is 0 Å². The third-order valence-corrected chi connectivity index (χ3v) is 32.7. The predicted molar refractivity (Wildman–Crippen MR) is 119 cm³/mol. The van der Waals surface area contributed by atoms with E-state index in [9.17, 15) is 0 Å². The van der Waals surface area contributed by atoms with Crippen molar-refractivity contribution < 1.29 is 4.49 Å². The third-order valence-electron chi connectivity index (χ3n) is 4.82. The van der Waals surface area contributed by atoms with Crippen molar-refractivity contribution in [2.75, 3.05) is 0 Å². The maximum absolute atomic E-state index is 7.23. The van der Waals surface area contributed by atoms with E-state index in [0.29, 0.717) is 0 Å². The third kappa shape index (κ3) is 10.2. The van der Waals surface area contributed by atoms with Gasteiger partial charge in [-0.05, 0) is 0 Å². The van der Waals surface area contributed by atoms with Crippen LogP contribution in [-0.2, 0) is 1.41 Å². The van der Waals surface area contributed by atoms with Crippen LogP contribution in [0.1, 0.15) is 79.1 Å². The van der Waals surface area contributed by atoms with Gasteiger partial charge >= 0.3 is 177 Å². The molecule has 0 saturated carbocycles. The minimum atomic E-state index is -3.06. The van der Waals surface area contributed by atoms with Crippen LogP contribution in [0, 0.1) is 0 Å². The van der Waals surface area contributed by atoms with E-state index >= 15 is 0 Å². The average molecular weight is 575 g/mol. The molecule has 1 radical (unpaired) electrons. The van der Waals surface area contributed by atoms with Crippen LogP contribution in [-0.4, -0.2) is 39.4 Å². The van der Waals surface area contributed by atoms with Crippen LogP contribution in [0.15, 0.2) is 30.3 Å². The van der Waals surface area contributed by atoms with Crippen molar-refractivity contribution in [2.24, 2.45) is 0 Å². The normalized spacial score (nSPS) is 11.9. The minimum absolute atomic E-state index is 1.06. The Kier molecular flexibility index (Phi) is 14.7. The molecule has 1 aromatic rings. The summed E-state index contributed by atoms with van der Waals surface area (Å²) in [5, 5.41) is 0. The zero-order valence-corrected chi connectivity index (χ0v) is 23.4. The Bertz CT molecular complexity index is 423. The Hall–Kier alpha value is 0.577. The van der Waals surface area contributed by atoms with Crippen molar-refractivity contribution in [1.82, 2.24) is 0 Å². The SMILES string of the molecule is CCC[CH2][Sn]([CH2]CCC)[O][Sn]([CH2]CCC)([CH2]CCC)[O]c1ccccc1. The fourth-order valence-electron chi connectivity index (χ4n) is 3.18. The summed E-state index contributed by atoms with van der Waals surface area (Å²) in [6.45, 7) is 9.22. The fraction of sp³-hybridized carbons (Fsp3) is 0.727. The van der Waals surface area contributed by atoms with E-state index in [4.69, 9.17) is 4.49 Å². The van der Waals surface area contributed by atoms with E-state index in [1.165, 1.54) is 69.1 Å². The Balaban J connectivity index is 2.98. The molecule has 0 saturated heterocycles. The molecule has 149 valence electrons. The molecule has 0 unspecified atom stereocenters. The molecule has 0 fully saturated rings. The Morgan fingerprint density at radius 3 is 1.69 bits per heavy atom. The van der Waals surface area contributed by atoms with Crippen LogP contribution in [0.25, 0.3) is 0 Å². The standard InChI is InChI=1S/C6H6O.4C4H9.O.2Sn/c7-6-4-2-1-3-5-6;4*1-3-4-2;;;/h1-5,7H;4*1,3-4H2,2H3;;;/q;;;;;;;+1/p-1. The molecule has 0 aliphatic rings. The van der Waals surface area contributed by atoms with Gasteiger partial charge in [-0.3, -0.25) is 0 Å². The molecule has 2 nitrogen and oxygen atoms in total. The molecule has 0 aromatic heterocycles. The van der Waals surface area contributed by atoms with Crippen molar-refractivity contribution in [1.29, 1.82) is 0 Å². The summed E-state index contributed by atoms with van der Waals surface area (Å²) >= 11 is -4.86. The summed E-state index contributed by atoms with van der Waals surface area (Å²) in [5.74, 6) is 1.06. The number of para-hydroxylation sites is 1. The molecule has 4 heteroatoms.